The van der Waals surface area contributed by atoms with E-state index in [1.807, 2.05) is 24.3 Å². The number of aliphatic hydroxyl groups excluding tert-OH is 1. The first kappa shape index (κ1) is 22.9. The van der Waals surface area contributed by atoms with Crippen molar-refractivity contribution in [2.75, 3.05) is 7.05 Å². The van der Waals surface area contributed by atoms with Crippen molar-refractivity contribution in [2.24, 2.45) is 11.8 Å². The van der Waals surface area contributed by atoms with Crippen molar-refractivity contribution in [1.29, 1.82) is 0 Å². The summed E-state index contributed by atoms with van der Waals surface area (Å²) >= 11 is 0. The van der Waals surface area contributed by atoms with Crippen molar-refractivity contribution in [3.8, 4) is 0 Å². The molecule has 1 aliphatic carbocycles. The Kier molecular flexibility index (Phi) is 7.04. The highest BCUT2D eigenvalue weighted by atomic mass is 19.1. The van der Waals surface area contributed by atoms with Gasteiger partial charge >= 0.3 is 0 Å². The second-order valence-corrected chi connectivity index (χ2v) is 9.06. The molecule has 0 saturated heterocycles. The maximum absolute atomic E-state index is 13.1. The van der Waals surface area contributed by atoms with E-state index in [9.17, 15) is 19.1 Å². The molecule has 0 unspecified atom stereocenters. The molecule has 0 radical (unpaired) electrons. The number of benzene rings is 2. The molecule has 1 amide bonds. The molecule has 1 heterocycles. The van der Waals surface area contributed by atoms with E-state index in [-0.39, 0.29) is 23.2 Å². The van der Waals surface area contributed by atoms with E-state index in [0.717, 1.165) is 36.8 Å². The standard InChI is InChI=1S/C27H29FN2O3/c1-30(17-20-5-13-25(31)29-16-20)27(33)22-6-2-18(3-7-22)14-19-4-8-23(15-19)26(32)21-9-11-24(28)12-10-21/h2-3,5-7,9-13,16,19,23,26,32H,4,8,14-15,17H2,1H3,(H,29,31)/t19-,23-,26+/m0/s1. The number of hydrogen-bond donors (Lipinski definition) is 2. The van der Waals surface area contributed by atoms with Gasteiger partial charge in [-0.05, 0) is 78.5 Å². The Morgan fingerprint density at radius 3 is 2.42 bits per heavy atom. The predicted molar refractivity (Wildman–Crippen MR) is 125 cm³/mol. The number of carbonyl (C=O) groups is 1. The highest BCUT2D eigenvalue weighted by molar-refractivity contribution is 5.94. The predicted octanol–water partition coefficient (Wildman–Crippen LogP) is 4.48. The van der Waals surface area contributed by atoms with Crippen LogP contribution in [0.3, 0.4) is 0 Å². The Morgan fingerprint density at radius 2 is 1.76 bits per heavy atom. The molecule has 1 saturated carbocycles. The van der Waals surface area contributed by atoms with Crippen molar-refractivity contribution in [2.45, 2.75) is 38.3 Å². The van der Waals surface area contributed by atoms with Crippen LogP contribution in [0.5, 0.6) is 0 Å². The van der Waals surface area contributed by atoms with E-state index in [4.69, 9.17) is 0 Å². The van der Waals surface area contributed by atoms with E-state index < -0.39 is 6.10 Å². The molecule has 2 N–H and O–H groups in total. The van der Waals surface area contributed by atoms with Crippen LogP contribution in [0.2, 0.25) is 0 Å². The number of H-pyrrole nitrogens is 1. The van der Waals surface area contributed by atoms with E-state index in [2.05, 4.69) is 4.98 Å². The minimum absolute atomic E-state index is 0.0731. The Labute approximate surface area is 192 Å². The summed E-state index contributed by atoms with van der Waals surface area (Å²) in [4.78, 5) is 28.2. The smallest absolute Gasteiger partial charge is 0.253 e. The van der Waals surface area contributed by atoms with Gasteiger partial charge in [0.05, 0.1) is 6.10 Å². The average molecular weight is 449 g/mol. The molecule has 1 aliphatic rings. The summed E-state index contributed by atoms with van der Waals surface area (Å²) in [6.45, 7) is 0.414. The van der Waals surface area contributed by atoms with Crippen molar-refractivity contribution < 1.29 is 14.3 Å². The molecule has 1 aromatic heterocycles. The van der Waals surface area contributed by atoms with Gasteiger partial charge in [-0.1, -0.05) is 30.3 Å². The molecule has 2 aromatic carbocycles. The first-order valence-corrected chi connectivity index (χ1v) is 11.3. The van der Waals surface area contributed by atoms with E-state index in [0.29, 0.717) is 18.0 Å². The number of nitrogens with one attached hydrogen (secondary N) is 1. The van der Waals surface area contributed by atoms with Gasteiger partial charge < -0.3 is 15.0 Å². The number of nitrogens with zero attached hydrogens (tertiary/aromatic N) is 1. The lowest BCUT2D eigenvalue weighted by Crippen LogP contribution is -2.26. The van der Waals surface area contributed by atoms with Crippen LogP contribution >= 0.6 is 0 Å². The molecule has 6 heteroatoms. The Morgan fingerprint density at radius 1 is 1.06 bits per heavy atom. The Balaban J connectivity index is 1.31. The first-order valence-electron chi connectivity index (χ1n) is 11.3. The number of aromatic amines is 1. The van der Waals surface area contributed by atoms with Crippen LogP contribution in [0.1, 0.15) is 52.4 Å². The molecular weight excluding hydrogens is 419 g/mol. The fraction of sp³-hybridized carbons (Fsp3) is 0.333. The first-order chi connectivity index (χ1) is 15.9. The zero-order valence-corrected chi connectivity index (χ0v) is 18.7. The van der Waals surface area contributed by atoms with E-state index in [1.165, 1.54) is 23.8 Å². The fourth-order valence-electron chi connectivity index (χ4n) is 4.74. The highest BCUT2D eigenvalue weighted by Gasteiger charge is 2.30. The van der Waals surface area contributed by atoms with Crippen LogP contribution in [0.4, 0.5) is 4.39 Å². The summed E-state index contributed by atoms with van der Waals surface area (Å²) in [5.41, 5.74) is 3.27. The lowest BCUT2D eigenvalue weighted by atomic mass is 9.91. The molecule has 5 nitrogen and oxygen atoms in total. The molecule has 33 heavy (non-hydrogen) atoms. The van der Waals surface area contributed by atoms with Gasteiger partial charge in [-0.3, -0.25) is 9.59 Å². The summed E-state index contributed by atoms with van der Waals surface area (Å²) in [6.07, 6.45) is 4.90. The topological polar surface area (TPSA) is 73.4 Å². The van der Waals surface area contributed by atoms with Gasteiger partial charge in [0, 0.05) is 31.4 Å². The molecule has 3 atom stereocenters. The SMILES string of the molecule is CN(Cc1ccc(=O)[nH]c1)C(=O)c1ccc(C[C@@H]2CC[C@H]([C@H](O)c3ccc(F)cc3)C2)cc1. The third-order valence-corrected chi connectivity index (χ3v) is 6.58. The molecule has 0 spiro atoms. The largest absolute Gasteiger partial charge is 0.388 e. The molecular formula is C27H29FN2O3. The van der Waals surface area contributed by atoms with Gasteiger partial charge in [-0.15, -0.1) is 0 Å². The molecule has 0 aliphatic heterocycles. The van der Waals surface area contributed by atoms with E-state index >= 15 is 0 Å². The summed E-state index contributed by atoms with van der Waals surface area (Å²) in [5, 5.41) is 10.7. The molecule has 172 valence electrons. The van der Waals surface area contributed by atoms with Crippen LogP contribution in [0.25, 0.3) is 0 Å². The van der Waals surface area contributed by atoms with Crippen molar-refractivity contribution in [1.82, 2.24) is 9.88 Å². The number of aliphatic hydroxyl groups is 1. The Bertz CT molecular complexity index is 1120. The third-order valence-electron chi connectivity index (χ3n) is 6.58. The maximum Gasteiger partial charge on any atom is 0.253 e. The zero-order chi connectivity index (χ0) is 23.4. The van der Waals surface area contributed by atoms with Crippen LogP contribution in [-0.4, -0.2) is 27.9 Å². The molecule has 0 bridgehead atoms. The molecule has 3 aromatic rings. The van der Waals surface area contributed by atoms with Crippen molar-refractivity contribution >= 4 is 5.91 Å². The van der Waals surface area contributed by atoms with Crippen LogP contribution in [0, 0.1) is 17.7 Å². The number of pyridine rings is 1. The van der Waals surface area contributed by atoms with Crippen molar-refractivity contribution in [3.05, 3.63) is 105 Å². The highest BCUT2D eigenvalue weighted by Crippen LogP contribution is 2.40. The van der Waals surface area contributed by atoms with Gasteiger partial charge in [-0.25, -0.2) is 4.39 Å². The van der Waals surface area contributed by atoms with Gasteiger partial charge in [0.2, 0.25) is 5.56 Å². The van der Waals surface area contributed by atoms with Gasteiger partial charge in [0.15, 0.2) is 0 Å². The zero-order valence-electron chi connectivity index (χ0n) is 18.7. The average Bonchev–Trinajstić information content (AvgIpc) is 3.29. The third kappa shape index (κ3) is 5.76. The van der Waals surface area contributed by atoms with Gasteiger partial charge in [-0.2, -0.15) is 0 Å². The van der Waals surface area contributed by atoms with Crippen LogP contribution in [-0.2, 0) is 13.0 Å². The lowest BCUT2D eigenvalue weighted by molar-refractivity contribution is 0.0785. The molecule has 4 rings (SSSR count). The minimum Gasteiger partial charge on any atom is -0.388 e. The second kappa shape index (κ2) is 10.1. The number of aromatic nitrogens is 1. The summed E-state index contributed by atoms with van der Waals surface area (Å²) in [7, 11) is 1.74. The second-order valence-electron chi connectivity index (χ2n) is 9.06. The molecule has 1 fully saturated rings. The normalized spacial score (nSPS) is 18.8. The number of amides is 1. The van der Waals surface area contributed by atoms with E-state index in [1.54, 1.807) is 36.3 Å². The summed E-state index contributed by atoms with van der Waals surface area (Å²) in [6, 6.07) is 17.0. The van der Waals surface area contributed by atoms with Crippen molar-refractivity contribution in [3.63, 3.8) is 0 Å². The van der Waals surface area contributed by atoms with Gasteiger partial charge in [0.1, 0.15) is 5.82 Å². The number of carbonyl (C=O) groups excluding carboxylic acids is 1. The van der Waals surface area contributed by atoms with Gasteiger partial charge in [0.25, 0.3) is 5.91 Å². The monoisotopic (exact) mass is 448 g/mol. The number of hydrogen-bond acceptors (Lipinski definition) is 3. The maximum atomic E-state index is 13.1. The summed E-state index contributed by atoms with van der Waals surface area (Å²) < 4.78 is 13.1. The van der Waals surface area contributed by atoms with Crippen LogP contribution in [0.15, 0.2) is 71.7 Å². The Hall–Kier alpha value is -3.25. The lowest BCUT2D eigenvalue weighted by Gasteiger charge is -2.19. The minimum atomic E-state index is -0.562. The van der Waals surface area contributed by atoms with Crippen LogP contribution < -0.4 is 5.56 Å². The summed E-state index contributed by atoms with van der Waals surface area (Å²) in [5.74, 6) is 0.299. The fourth-order valence-corrected chi connectivity index (χ4v) is 4.74. The number of rotatable bonds is 7. The quantitative estimate of drug-likeness (QED) is 0.560. The number of halogens is 1.